The number of piperazine rings is 1. The van der Waals surface area contributed by atoms with Crippen LogP contribution >= 0.6 is 0 Å². The molecule has 0 saturated carbocycles. The maximum absolute atomic E-state index is 12.6. The number of carbonyl (C=O) groups is 1. The maximum atomic E-state index is 12.6. The largest absolute Gasteiger partial charge is 0.416 e. The summed E-state index contributed by atoms with van der Waals surface area (Å²) in [4.78, 5) is 16.3. The summed E-state index contributed by atoms with van der Waals surface area (Å²) in [6.07, 6.45) is -4.38. The summed E-state index contributed by atoms with van der Waals surface area (Å²) in [6, 6.07) is 10.4. The smallest absolute Gasteiger partial charge is 0.368 e. The van der Waals surface area contributed by atoms with Gasteiger partial charge < -0.3 is 15.1 Å². The highest BCUT2D eigenvalue weighted by Gasteiger charge is 2.30. The van der Waals surface area contributed by atoms with Crippen LogP contribution in [0.25, 0.3) is 0 Å². The zero-order chi connectivity index (χ0) is 19.6. The highest BCUT2D eigenvalue weighted by atomic mass is 19.4. The van der Waals surface area contributed by atoms with Gasteiger partial charge in [0.1, 0.15) is 0 Å². The third-order valence-electron chi connectivity index (χ3n) is 4.95. The van der Waals surface area contributed by atoms with E-state index in [0.29, 0.717) is 31.9 Å². The van der Waals surface area contributed by atoms with E-state index in [4.69, 9.17) is 0 Å². The molecule has 0 bridgehead atoms. The van der Waals surface area contributed by atoms with E-state index in [1.54, 1.807) is 4.90 Å². The van der Waals surface area contributed by atoms with Gasteiger partial charge in [-0.1, -0.05) is 12.1 Å². The number of anilines is 2. The SMILES string of the molecule is Cc1cccc(N2CCN(C(=O)Nc3ccc(C(F)(F)F)cc3)CC2)c1C. The topological polar surface area (TPSA) is 35.6 Å². The van der Waals surface area contributed by atoms with Gasteiger partial charge in [0.15, 0.2) is 0 Å². The first-order valence-electron chi connectivity index (χ1n) is 8.80. The number of hydrogen-bond acceptors (Lipinski definition) is 2. The van der Waals surface area contributed by atoms with Crippen LogP contribution in [0.2, 0.25) is 0 Å². The molecule has 1 N–H and O–H groups in total. The minimum absolute atomic E-state index is 0.296. The Morgan fingerprint density at radius 2 is 1.59 bits per heavy atom. The first kappa shape index (κ1) is 19.1. The van der Waals surface area contributed by atoms with Crippen LogP contribution in [0, 0.1) is 13.8 Å². The number of alkyl halides is 3. The normalized spacial score (nSPS) is 15.0. The zero-order valence-corrected chi connectivity index (χ0v) is 15.3. The van der Waals surface area contributed by atoms with E-state index in [0.717, 1.165) is 12.1 Å². The number of aryl methyl sites for hydroxylation is 1. The number of urea groups is 1. The van der Waals surface area contributed by atoms with E-state index in [1.165, 1.54) is 28.9 Å². The van der Waals surface area contributed by atoms with Gasteiger partial charge in [-0.3, -0.25) is 0 Å². The number of carbonyl (C=O) groups excluding carboxylic acids is 1. The molecule has 0 radical (unpaired) electrons. The molecule has 1 saturated heterocycles. The lowest BCUT2D eigenvalue weighted by Gasteiger charge is -2.37. The van der Waals surface area contributed by atoms with Crippen molar-refractivity contribution in [2.24, 2.45) is 0 Å². The summed E-state index contributed by atoms with van der Waals surface area (Å²) in [6.45, 7) is 6.70. The van der Waals surface area contributed by atoms with E-state index < -0.39 is 11.7 Å². The molecule has 0 spiro atoms. The molecule has 2 amide bonds. The number of hydrogen-bond donors (Lipinski definition) is 1. The first-order chi connectivity index (χ1) is 12.8. The molecule has 0 atom stereocenters. The van der Waals surface area contributed by atoms with E-state index in [9.17, 15) is 18.0 Å². The molecule has 7 heteroatoms. The van der Waals surface area contributed by atoms with Crippen molar-refractivity contribution in [1.82, 2.24) is 4.90 Å². The lowest BCUT2D eigenvalue weighted by Crippen LogP contribution is -2.50. The highest BCUT2D eigenvalue weighted by molar-refractivity contribution is 5.89. The molecular weight excluding hydrogens is 355 g/mol. The third-order valence-corrected chi connectivity index (χ3v) is 4.95. The molecule has 1 fully saturated rings. The Hall–Kier alpha value is -2.70. The van der Waals surface area contributed by atoms with Crippen LogP contribution in [0.15, 0.2) is 42.5 Å². The van der Waals surface area contributed by atoms with E-state index >= 15 is 0 Å². The van der Waals surface area contributed by atoms with Crippen molar-refractivity contribution in [3.8, 4) is 0 Å². The number of rotatable bonds is 2. The fourth-order valence-corrected chi connectivity index (χ4v) is 3.17. The number of benzene rings is 2. The Labute approximate surface area is 156 Å². The van der Waals surface area contributed by atoms with E-state index in [-0.39, 0.29) is 6.03 Å². The summed E-state index contributed by atoms with van der Waals surface area (Å²) < 4.78 is 37.8. The molecule has 2 aromatic rings. The minimum atomic E-state index is -4.38. The van der Waals surface area contributed by atoms with Gasteiger partial charge in [0.05, 0.1) is 5.56 Å². The number of amides is 2. The average molecular weight is 377 g/mol. The third kappa shape index (κ3) is 4.35. The van der Waals surface area contributed by atoms with Gasteiger partial charge in [-0.2, -0.15) is 13.2 Å². The molecule has 0 aliphatic carbocycles. The zero-order valence-electron chi connectivity index (χ0n) is 15.3. The molecule has 0 unspecified atom stereocenters. The fraction of sp³-hybridized carbons (Fsp3) is 0.350. The van der Waals surface area contributed by atoms with Gasteiger partial charge in [0.2, 0.25) is 0 Å². The lowest BCUT2D eigenvalue weighted by atomic mass is 10.1. The predicted molar refractivity (Wildman–Crippen MR) is 100 cm³/mol. The Kier molecular flexibility index (Phi) is 5.30. The van der Waals surface area contributed by atoms with Crippen molar-refractivity contribution in [1.29, 1.82) is 0 Å². The van der Waals surface area contributed by atoms with E-state index in [1.807, 2.05) is 6.07 Å². The molecular formula is C20H22F3N3O. The lowest BCUT2D eigenvalue weighted by molar-refractivity contribution is -0.137. The van der Waals surface area contributed by atoms with Gasteiger partial charge in [0, 0.05) is 37.6 Å². The molecule has 2 aromatic carbocycles. The van der Waals surface area contributed by atoms with Gasteiger partial charge in [0.25, 0.3) is 0 Å². The van der Waals surface area contributed by atoms with Gasteiger partial charge in [-0.25, -0.2) is 4.79 Å². The number of nitrogens with one attached hydrogen (secondary N) is 1. The minimum Gasteiger partial charge on any atom is -0.368 e. The molecule has 1 aliphatic heterocycles. The summed E-state index contributed by atoms with van der Waals surface area (Å²) >= 11 is 0. The molecule has 3 rings (SSSR count). The summed E-state index contributed by atoms with van der Waals surface area (Å²) in [7, 11) is 0. The van der Waals surface area contributed by atoms with Crippen LogP contribution in [0.1, 0.15) is 16.7 Å². The number of nitrogens with zero attached hydrogens (tertiary/aromatic N) is 2. The van der Waals surface area contributed by atoms with Gasteiger partial charge >= 0.3 is 12.2 Å². The molecule has 4 nitrogen and oxygen atoms in total. The molecule has 1 heterocycles. The quantitative estimate of drug-likeness (QED) is 0.825. The Bertz CT molecular complexity index is 810. The Morgan fingerprint density at radius 1 is 0.963 bits per heavy atom. The highest BCUT2D eigenvalue weighted by Crippen LogP contribution is 2.30. The Balaban J connectivity index is 1.58. The second kappa shape index (κ2) is 7.50. The van der Waals surface area contributed by atoms with Crippen LogP contribution in [0.4, 0.5) is 29.3 Å². The summed E-state index contributed by atoms with van der Waals surface area (Å²) in [5, 5.41) is 2.67. The van der Waals surface area contributed by atoms with Crippen molar-refractivity contribution < 1.29 is 18.0 Å². The van der Waals surface area contributed by atoms with Crippen LogP contribution < -0.4 is 10.2 Å². The number of halogens is 3. The first-order valence-corrected chi connectivity index (χ1v) is 8.80. The van der Waals surface area contributed by atoms with Crippen LogP contribution in [0.5, 0.6) is 0 Å². The van der Waals surface area contributed by atoms with Crippen molar-refractivity contribution in [3.05, 3.63) is 59.2 Å². The van der Waals surface area contributed by atoms with E-state index in [2.05, 4.69) is 36.2 Å². The van der Waals surface area contributed by atoms with Crippen molar-refractivity contribution in [2.75, 3.05) is 36.4 Å². The van der Waals surface area contributed by atoms with Crippen LogP contribution in [0.3, 0.4) is 0 Å². The van der Waals surface area contributed by atoms with Crippen LogP contribution in [-0.4, -0.2) is 37.1 Å². The van der Waals surface area contributed by atoms with Crippen molar-refractivity contribution in [3.63, 3.8) is 0 Å². The summed E-state index contributed by atoms with van der Waals surface area (Å²) in [5.41, 5.74) is 3.26. The fourth-order valence-electron chi connectivity index (χ4n) is 3.17. The van der Waals surface area contributed by atoms with Crippen LogP contribution in [-0.2, 0) is 6.18 Å². The Morgan fingerprint density at radius 3 is 2.19 bits per heavy atom. The second-order valence-corrected chi connectivity index (χ2v) is 6.70. The van der Waals surface area contributed by atoms with Crippen molar-refractivity contribution in [2.45, 2.75) is 20.0 Å². The van der Waals surface area contributed by atoms with Gasteiger partial charge in [-0.05, 0) is 55.3 Å². The van der Waals surface area contributed by atoms with Gasteiger partial charge in [-0.15, -0.1) is 0 Å². The molecule has 0 aromatic heterocycles. The van der Waals surface area contributed by atoms with Crippen molar-refractivity contribution >= 4 is 17.4 Å². The standard InChI is InChI=1S/C20H22F3N3O/c1-14-4-3-5-18(15(14)2)25-10-12-26(13-11-25)19(27)24-17-8-6-16(7-9-17)20(21,22)23/h3-9H,10-13H2,1-2H3,(H,24,27). The molecule has 1 aliphatic rings. The molecule has 27 heavy (non-hydrogen) atoms. The molecule has 144 valence electrons. The monoisotopic (exact) mass is 377 g/mol. The average Bonchev–Trinajstić information content (AvgIpc) is 2.64. The second-order valence-electron chi connectivity index (χ2n) is 6.70. The maximum Gasteiger partial charge on any atom is 0.416 e. The summed E-state index contributed by atoms with van der Waals surface area (Å²) in [5.74, 6) is 0. The predicted octanol–water partition coefficient (Wildman–Crippen LogP) is 4.68.